The first-order valence-electron chi connectivity index (χ1n) is 14.2. The van der Waals surface area contributed by atoms with Crippen molar-refractivity contribution < 1.29 is 9.94 Å². The number of rotatable bonds is 0. The zero-order chi connectivity index (χ0) is 23.7. The third-order valence-electron chi connectivity index (χ3n) is 14.0. The minimum atomic E-state index is 0.0117. The lowest BCUT2D eigenvalue weighted by molar-refractivity contribution is -0.235. The van der Waals surface area contributed by atoms with E-state index in [4.69, 9.17) is 4.74 Å². The second kappa shape index (κ2) is 6.60. The van der Waals surface area contributed by atoms with E-state index in [0.29, 0.717) is 39.1 Å². The van der Waals surface area contributed by atoms with Gasteiger partial charge in [-0.3, -0.25) is 0 Å². The maximum absolute atomic E-state index is 9.76. The van der Waals surface area contributed by atoms with Crippen LogP contribution in [0.2, 0.25) is 0 Å². The molecule has 2 bridgehead atoms. The Bertz CT molecular complexity index is 877. The molecule has 0 aromatic heterocycles. The van der Waals surface area contributed by atoms with Gasteiger partial charge < -0.3 is 9.94 Å². The number of oxime groups is 1. The molecule has 5 saturated carbocycles. The van der Waals surface area contributed by atoms with Gasteiger partial charge in [0, 0.05) is 5.41 Å². The Hall–Kier alpha value is -0.570. The Morgan fingerprint density at radius 1 is 0.788 bits per heavy atom. The van der Waals surface area contributed by atoms with E-state index in [1.54, 1.807) is 0 Å². The van der Waals surface area contributed by atoms with Gasteiger partial charge in [-0.25, -0.2) is 0 Å². The van der Waals surface area contributed by atoms with Crippen LogP contribution in [0, 0.1) is 56.2 Å². The van der Waals surface area contributed by atoms with E-state index in [-0.39, 0.29) is 5.41 Å². The molecule has 0 unspecified atom stereocenters. The maximum atomic E-state index is 9.76. The monoisotopic (exact) mass is 455 g/mol. The molecule has 5 aliphatic carbocycles. The van der Waals surface area contributed by atoms with Crippen LogP contribution in [0.4, 0.5) is 0 Å². The molecule has 0 amide bonds. The fourth-order valence-corrected chi connectivity index (χ4v) is 12.0. The van der Waals surface area contributed by atoms with E-state index < -0.39 is 0 Å². The Balaban J connectivity index is 1.39. The van der Waals surface area contributed by atoms with Crippen LogP contribution in [0.5, 0.6) is 0 Å². The van der Waals surface area contributed by atoms with Crippen molar-refractivity contribution in [3.8, 4) is 0 Å². The molecule has 1 heterocycles. The minimum Gasteiger partial charge on any atom is -0.411 e. The molecule has 1 saturated heterocycles. The van der Waals surface area contributed by atoms with Crippen LogP contribution in [-0.4, -0.2) is 23.6 Å². The standard InChI is InChI=1S/C30H49NO2/c1-25(2)14-16-30-17-15-28(6)19(23(30)24(25)33-18-30)8-9-21-27(5)12-11-22(31-32)26(3,4)20(27)10-13-29(21,28)7/h19-21,23-24,32H,8-18H2,1-7H3/b31-22+/t19-,20-,21-,23-,24-,27-,28+,29+,30-/m0/s1. The molecule has 0 radical (unpaired) electrons. The van der Waals surface area contributed by atoms with Gasteiger partial charge in [-0.05, 0) is 115 Å². The smallest absolute Gasteiger partial charge is 0.0663 e. The Kier molecular flexibility index (Phi) is 4.57. The van der Waals surface area contributed by atoms with Crippen LogP contribution in [0.3, 0.4) is 0 Å². The lowest BCUT2D eigenvalue weighted by Crippen LogP contribution is -2.67. The summed E-state index contributed by atoms with van der Waals surface area (Å²) in [7, 11) is 0. The topological polar surface area (TPSA) is 41.8 Å². The molecule has 9 atom stereocenters. The average molecular weight is 456 g/mol. The van der Waals surface area contributed by atoms with Crippen molar-refractivity contribution in [3.05, 3.63) is 0 Å². The predicted molar refractivity (Wildman–Crippen MR) is 133 cm³/mol. The van der Waals surface area contributed by atoms with Crippen molar-refractivity contribution in [3.63, 3.8) is 0 Å². The van der Waals surface area contributed by atoms with Crippen molar-refractivity contribution in [2.75, 3.05) is 6.61 Å². The van der Waals surface area contributed by atoms with Crippen molar-refractivity contribution in [1.29, 1.82) is 0 Å². The van der Waals surface area contributed by atoms with Gasteiger partial charge in [0.05, 0.1) is 18.4 Å². The highest BCUT2D eigenvalue weighted by Crippen LogP contribution is 2.77. The first kappa shape index (κ1) is 22.9. The fourth-order valence-electron chi connectivity index (χ4n) is 12.0. The highest BCUT2D eigenvalue weighted by molar-refractivity contribution is 5.90. The summed E-state index contributed by atoms with van der Waals surface area (Å²) in [5, 5.41) is 13.6. The number of hydrogen-bond acceptors (Lipinski definition) is 3. The SMILES string of the molecule is CC1(C)CC[C@@]23CC[C@]4(C)[C@@H](CC[C@H]5[C@@]6(C)CC/C(=N\O)C(C)(C)[C@@H]6CC[C@]54C)[C@H]2[C@@H]1OC3. The normalized spacial score (nSPS) is 57.5. The van der Waals surface area contributed by atoms with E-state index in [1.807, 2.05) is 0 Å². The molecule has 33 heavy (non-hydrogen) atoms. The highest BCUT2D eigenvalue weighted by Gasteiger charge is 2.72. The van der Waals surface area contributed by atoms with Crippen LogP contribution >= 0.6 is 0 Å². The lowest BCUT2D eigenvalue weighted by atomic mass is 9.31. The molecule has 3 heteroatoms. The summed E-state index contributed by atoms with van der Waals surface area (Å²) in [6, 6.07) is 0. The molecular weight excluding hydrogens is 406 g/mol. The van der Waals surface area contributed by atoms with Gasteiger partial charge in [0.25, 0.3) is 0 Å². The largest absolute Gasteiger partial charge is 0.411 e. The number of ether oxygens (including phenoxy) is 1. The van der Waals surface area contributed by atoms with Gasteiger partial charge in [-0.2, -0.15) is 0 Å². The van der Waals surface area contributed by atoms with Crippen molar-refractivity contribution in [2.45, 2.75) is 119 Å². The first-order valence-corrected chi connectivity index (χ1v) is 14.2. The Morgan fingerprint density at radius 2 is 1.52 bits per heavy atom. The van der Waals surface area contributed by atoms with E-state index in [2.05, 4.69) is 53.6 Å². The summed E-state index contributed by atoms with van der Waals surface area (Å²) in [5.41, 5.74) is 3.06. The van der Waals surface area contributed by atoms with Gasteiger partial charge in [-0.1, -0.05) is 53.6 Å². The van der Waals surface area contributed by atoms with Crippen molar-refractivity contribution >= 4 is 5.71 Å². The van der Waals surface area contributed by atoms with Crippen LogP contribution < -0.4 is 0 Å². The van der Waals surface area contributed by atoms with Crippen LogP contribution in [-0.2, 0) is 4.74 Å². The number of hydrogen-bond donors (Lipinski definition) is 1. The van der Waals surface area contributed by atoms with Crippen LogP contribution in [0.15, 0.2) is 5.16 Å². The summed E-state index contributed by atoms with van der Waals surface area (Å²) >= 11 is 0. The van der Waals surface area contributed by atoms with Crippen LogP contribution in [0.1, 0.15) is 113 Å². The first-order chi connectivity index (χ1) is 15.4. The van der Waals surface area contributed by atoms with Gasteiger partial charge >= 0.3 is 0 Å². The quantitative estimate of drug-likeness (QED) is 0.300. The van der Waals surface area contributed by atoms with E-state index in [0.717, 1.165) is 36.5 Å². The molecule has 0 aromatic rings. The molecule has 1 N–H and O–H groups in total. The average Bonchev–Trinajstić information content (AvgIpc) is 3.07. The zero-order valence-corrected chi connectivity index (χ0v) is 22.5. The second-order valence-corrected chi connectivity index (χ2v) is 15.5. The Morgan fingerprint density at radius 3 is 2.24 bits per heavy atom. The summed E-state index contributed by atoms with van der Waals surface area (Å²) in [4.78, 5) is 0. The molecule has 3 nitrogen and oxygen atoms in total. The molecule has 0 spiro atoms. The summed E-state index contributed by atoms with van der Waals surface area (Å²) in [5.74, 6) is 3.02. The van der Waals surface area contributed by atoms with E-state index in [1.165, 1.54) is 57.8 Å². The third-order valence-corrected chi connectivity index (χ3v) is 14.0. The molecule has 1 aliphatic heterocycles. The second-order valence-electron chi connectivity index (χ2n) is 15.5. The summed E-state index contributed by atoms with van der Waals surface area (Å²) < 4.78 is 6.71. The minimum absolute atomic E-state index is 0.0117. The van der Waals surface area contributed by atoms with Gasteiger partial charge in [0.15, 0.2) is 0 Å². The molecule has 6 fully saturated rings. The highest BCUT2D eigenvalue weighted by atomic mass is 16.5. The Labute approximate surface area is 202 Å². The molecule has 6 aliphatic rings. The predicted octanol–water partition coefficient (Wildman–Crippen LogP) is 7.71. The van der Waals surface area contributed by atoms with Crippen molar-refractivity contribution in [2.24, 2.45) is 61.3 Å². The summed E-state index contributed by atoms with van der Waals surface area (Å²) in [6.07, 6.45) is 13.6. The van der Waals surface area contributed by atoms with Gasteiger partial charge in [0.1, 0.15) is 0 Å². The molecule has 186 valence electrons. The summed E-state index contributed by atoms with van der Waals surface area (Å²) in [6.45, 7) is 18.8. The molecular formula is C30H49NO2. The van der Waals surface area contributed by atoms with Crippen LogP contribution in [0.25, 0.3) is 0 Å². The fraction of sp³-hybridized carbons (Fsp3) is 0.967. The van der Waals surface area contributed by atoms with Gasteiger partial charge in [0.2, 0.25) is 0 Å². The number of fused-ring (bicyclic) bond motifs is 5. The molecule has 6 rings (SSSR count). The lowest BCUT2D eigenvalue weighted by Gasteiger charge is -2.73. The van der Waals surface area contributed by atoms with E-state index >= 15 is 0 Å². The maximum Gasteiger partial charge on any atom is 0.0663 e. The van der Waals surface area contributed by atoms with Crippen molar-refractivity contribution in [1.82, 2.24) is 0 Å². The van der Waals surface area contributed by atoms with E-state index in [9.17, 15) is 5.21 Å². The molecule has 0 aromatic carbocycles. The zero-order valence-electron chi connectivity index (χ0n) is 22.5. The number of nitrogens with zero attached hydrogens (tertiary/aromatic N) is 1. The van der Waals surface area contributed by atoms with Gasteiger partial charge in [-0.15, -0.1) is 0 Å². The third kappa shape index (κ3) is 2.54.